The molecule has 0 unspecified atom stereocenters. The molecule has 0 aliphatic rings. The number of halogens is 1. The molecule has 1 heterocycles. The summed E-state index contributed by atoms with van der Waals surface area (Å²) in [5, 5.41) is 15.8. The van der Waals surface area contributed by atoms with E-state index in [2.05, 4.69) is 10.2 Å². The number of hydrogen-bond donors (Lipinski definition) is 3. The van der Waals surface area contributed by atoms with Crippen molar-refractivity contribution in [2.24, 2.45) is 0 Å². The smallest absolute Gasteiger partial charge is 0.274 e. The Kier molecular flexibility index (Phi) is 3.86. The lowest BCUT2D eigenvalue weighted by molar-refractivity contribution is 0.0706. The number of carbonyl (C=O) groups is 1. The molecule has 1 amide bonds. The Morgan fingerprint density at radius 3 is 2.83 bits per heavy atom. The van der Waals surface area contributed by atoms with Crippen LogP contribution >= 0.6 is 0 Å². The highest BCUT2D eigenvalue weighted by Crippen LogP contribution is 2.18. The first-order chi connectivity index (χ1) is 11.1. The Morgan fingerprint density at radius 1 is 1.22 bits per heavy atom. The van der Waals surface area contributed by atoms with Crippen molar-refractivity contribution >= 4 is 16.7 Å². The van der Waals surface area contributed by atoms with Crippen LogP contribution in [0, 0.1) is 5.82 Å². The molecule has 0 fully saturated rings. The Morgan fingerprint density at radius 2 is 2.04 bits per heavy atom. The molecule has 7 heteroatoms. The van der Waals surface area contributed by atoms with E-state index < -0.39 is 17.3 Å². The van der Waals surface area contributed by atoms with E-state index in [4.69, 9.17) is 5.21 Å². The van der Waals surface area contributed by atoms with Crippen LogP contribution in [0.5, 0.6) is 0 Å². The second-order valence-electron chi connectivity index (χ2n) is 5.01. The van der Waals surface area contributed by atoms with Crippen LogP contribution in [0.4, 0.5) is 4.39 Å². The molecule has 0 spiro atoms. The highest BCUT2D eigenvalue weighted by molar-refractivity contribution is 5.93. The molecule has 1 aromatic heterocycles. The fourth-order valence-electron chi connectivity index (χ4n) is 2.41. The zero-order chi connectivity index (χ0) is 16.4. The first kappa shape index (κ1) is 14.9. The molecule has 2 aromatic carbocycles. The van der Waals surface area contributed by atoms with Crippen LogP contribution in [0.25, 0.3) is 10.8 Å². The van der Waals surface area contributed by atoms with E-state index in [1.165, 1.54) is 12.1 Å². The molecule has 0 atom stereocenters. The van der Waals surface area contributed by atoms with Crippen LogP contribution in [0.15, 0.2) is 47.3 Å². The zero-order valence-corrected chi connectivity index (χ0v) is 11.8. The molecule has 0 radical (unpaired) electrons. The number of amides is 1. The van der Waals surface area contributed by atoms with Crippen LogP contribution in [0.2, 0.25) is 0 Å². The third-order valence-corrected chi connectivity index (χ3v) is 3.49. The van der Waals surface area contributed by atoms with Crippen LogP contribution in [-0.4, -0.2) is 21.3 Å². The average Bonchev–Trinajstić information content (AvgIpc) is 2.57. The molecule has 3 aromatic rings. The van der Waals surface area contributed by atoms with E-state index in [0.717, 1.165) is 11.6 Å². The Hall–Kier alpha value is -3.06. The number of aromatic nitrogens is 2. The third-order valence-electron chi connectivity index (χ3n) is 3.49. The van der Waals surface area contributed by atoms with Gasteiger partial charge in [0, 0.05) is 17.4 Å². The van der Waals surface area contributed by atoms with Crippen molar-refractivity contribution in [3.05, 3.63) is 75.5 Å². The summed E-state index contributed by atoms with van der Waals surface area (Å²) in [4.78, 5) is 23.2. The predicted molar refractivity (Wildman–Crippen MR) is 80.8 cm³/mol. The SMILES string of the molecule is O=C(NO)c1cccc(Cc2n[nH]c(=O)c3cc(F)ccc23)c1. The lowest BCUT2D eigenvalue weighted by Crippen LogP contribution is -2.18. The van der Waals surface area contributed by atoms with Gasteiger partial charge in [-0.3, -0.25) is 14.8 Å². The fraction of sp³-hybridized carbons (Fsp3) is 0.0625. The van der Waals surface area contributed by atoms with Gasteiger partial charge in [-0.2, -0.15) is 5.10 Å². The van der Waals surface area contributed by atoms with Gasteiger partial charge in [0.05, 0.1) is 11.1 Å². The Bertz CT molecular complexity index is 953. The molecular weight excluding hydrogens is 301 g/mol. The number of nitrogens with one attached hydrogen (secondary N) is 2. The Balaban J connectivity index is 2.04. The number of carbonyl (C=O) groups excluding carboxylic acids is 1. The van der Waals surface area contributed by atoms with Gasteiger partial charge in [0.15, 0.2) is 0 Å². The van der Waals surface area contributed by atoms with Crippen LogP contribution in [-0.2, 0) is 6.42 Å². The lowest BCUT2D eigenvalue weighted by atomic mass is 10.0. The number of fused-ring (bicyclic) bond motifs is 1. The van der Waals surface area contributed by atoms with E-state index >= 15 is 0 Å². The van der Waals surface area contributed by atoms with E-state index in [1.807, 2.05) is 0 Å². The van der Waals surface area contributed by atoms with Gasteiger partial charge in [-0.25, -0.2) is 15.0 Å². The number of rotatable bonds is 3. The van der Waals surface area contributed by atoms with Crippen molar-refractivity contribution in [1.82, 2.24) is 15.7 Å². The molecule has 0 aliphatic carbocycles. The van der Waals surface area contributed by atoms with Crippen molar-refractivity contribution in [3.63, 3.8) is 0 Å². The van der Waals surface area contributed by atoms with Crippen LogP contribution in [0.3, 0.4) is 0 Å². The number of H-pyrrole nitrogens is 1. The molecule has 3 N–H and O–H groups in total. The van der Waals surface area contributed by atoms with Gasteiger partial charge in [-0.05, 0) is 35.9 Å². The van der Waals surface area contributed by atoms with Gasteiger partial charge >= 0.3 is 0 Å². The normalized spacial score (nSPS) is 10.7. The highest BCUT2D eigenvalue weighted by Gasteiger charge is 2.10. The van der Waals surface area contributed by atoms with Gasteiger partial charge in [0.1, 0.15) is 5.82 Å². The minimum Gasteiger partial charge on any atom is -0.288 e. The minimum atomic E-state index is -0.617. The fourth-order valence-corrected chi connectivity index (χ4v) is 2.41. The summed E-state index contributed by atoms with van der Waals surface area (Å²) in [5.74, 6) is -1.12. The quantitative estimate of drug-likeness (QED) is 0.507. The van der Waals surface area contributed by atoms with Gasteiger partial charge in [0.25, 0.3) is 11.5 Å². The average molecular weight is 313 g/mol. The monoisotopic (exact) mass is 313 g/mol. The summed E-state index contributed by atoms with van der Waals surface area (Å²) >= 11 is 0. The summed E-state index contributed by atoms with van der Waals surface area (Å²) in [7, 11) is 0. The van der Waals surface area contributed by atoms with Gasteiger partial charge in [-0.1, -0.05) is 12.1 Å². The molecule has 3 rings (SSSR count). The van der Waals surface area contributed by atoms with Gasteiger partial charge < -0.3 is 0 Å². The van der Waals surface area contributed by atoms with Crippen molar-refractivity contribution < 1.29 is 14.4 Å². The van der Waals surface area contributed by atoms with Crippen molar-refractivity contribution in [1.29, 1.82) is 0 Å². The highest BCUT2D eigenvalue weighted by atomic mass is 19.1. The van der Waals surface area contributed by atoms with Crippen LogP contribution < -0.4 is 11.0 Å². The molecule has 116 valence electrons. The van der Waals surface area contributed by atoms with E-state index in [1.54, 1.807) is 29.7 Å². The summed E-state index contributed by atoms with van der Waals surface area (Å²) in [6.45, 7) is 0. The first-order valence-electron chi connectivity index (χ1n) is 6.78. The molecular formula is C16H12FN3O3. The first-order valence-corrected chi connectivity index (χ1v) is 6.78. The Labute approximate surface area is 129 Å². The van der Waals surface area contributed by atoms with Crippen molar-refractivity contribution in [2.45, 2.75) is 6.42 Å². The maximum atomic E-state index is 13.3. The lowest BCUT2D eigenvalue weighted by Gasteiger charge is -2.07. The van der Waals surface area contributed by atoms with Gasteiger partial charge in [0.2, 0.25) is 0 Å². The topological polar surface area (TPSA) is 95.1 Å². The van der Waals surface area contributed by atoms with E-state index in [-0.39, 0.29) is 5.39 Å². The summed E-state index contributed by atoms with van der Waals surface area (Å²) in [6.07, 6.45) is 0.339. The maximum Gasteiger partial charge on any atom is 0.274 e. The molecule has 0 bridgehead atoms. The van der Waals surface area contributed by atoms with Crippen molar-refractivity contribution in [3.8, 4) is 0 Å². The predicted octanol–water partition coefficient (Wildman–Crippen LogP) is 1.77. The largest absolute Gasteiger partial charge is 0.288 e. The number of nitrogens with zero attached hydrogens (tertiary/aromatic N) is 1. The number of hydrogen-bond acceptors (Lipinski definition) is 4. The zero-order valence-electron chi connectivity index (χ0n) is 11.8. The molecule has 23 heavy (non-hydrogen) atoms. The summed E-state index contributed by atoms with van der Waals surface area (Å²) in [6, 6.07) is 10.6. The maximum absolute atomic E-state index is 13.3. The second kappa shape index (κ2) is 5.98. The number of benzene rings is 2. The summed E-state index contributed by atoms with van der Waals surface area (Å²) < 4.78 is 13.3. The van der Waals surface area contributed by atoms with E-state index in [0.29, 0.717) is 23.1 Å². The minimum absolute atomic E-state index is 0.222. The number of aromatic amines is 1. The molecule has 6 nitrogen and oxygen atoms in total. The molecule has 0 aliphatic heterocycles. The number of hydroxylamine groups is 1. The molecule has 0 saturated heterocycles. The standard InChI is InChI=1S/C16H12FN3O3/c17-11-4-5-12-13(8-11)16(22)19-18-14(12)7-9-2-1-3-10(6-9)15(21)20-23/h1-6,8,23H,7H2,(H,19,22)(H,20,21). The van der Waals surface area contributed by atoms with E-state index in [9.17, 15) is 14.0 Å². The third kappa shape index (κ3) is 2.95. The second-order valence-corrected chi connectivity index (χ2v) is 5.01. The van der Waals surface area contributed by atoms with Crippen LogP contribution in [0.1, 0.15) is 21.6 Å². The summed E-state index contributed by atoms with van der Waals surface area (Å²) in [5.41, 5.74) is 2.72. The molecule has 0 saturated carbocycles. The van der Waals surface area contributed by atoms with Gasteiger partial charge in [-0.15, -0.1) is 0 Å². The van der Waals surface area contributed by atoms with Crippen molar-refractivity contribution in [2.75, 3.05) is 0 Å².